The first-order chi connectivity index (χ1) is 8.71. The molecule has 0 bridgehead atoms. The lowest BCUT2D eigenvalue weighted by atomic mass is 10.0. The summed E-state index contributed by atoms with van der Waals surface area (Å²) in [5, 5.41) is 6.47. The van der Waals surface area contributed by atoms with E-state index in [-0.39, 0.29) is 0 Å². The molecule has 0 fully saturated rings. The summed E-state index contributed by atoms with van der Waals surface area (Å²) in [6, 6.07) is 3.29. The Labute approximate surface area is 104 Å². The lowest BCUT2D eigenvalue weighted by Crippen LogP contribution is -1.96. The zero-order valence-electron chi connectivity index (χ0n) is 10.2. The monoisotopic (exact) mass is 251 g/mol. The molecule has 0 aliphatic rings. The topological polar surface area (TPSA) is 73.2 Å². The van der Waals surface area contributed by atoms with Crippen molar-refractivity contribution in [3.63, 3.8) is 0 Å². The molecule has 0 spiro atoms. The minimum atomic E-state index is -0.627. The third-order valence-electron chi connectivity index (χ3n) is 2.71. The molecule has 2 rings (SSSR count). The van der Waals surface area contributed by atoms with Crippen LogP contribution in [0.4, 0.5) is 10.2 Å². The highest BCUT2D eigenvalue weighted by molar-refractivity contribution is 5.79. The Morgan fingerprint density at radius 2 is 1.94 bits per heavy atom. The molecule has 0 aliphatic carbocycles. The van der Waals surface area contributed by atoms with E-state index in [1.54, 1.807) is 18.3 Å². The van der Waals surface area contributed by atoms with Gasteiger partial charge < -0.3 is 15.2 Å². The molecule has 5 nitrogen and oxygen atoms in total. The summed E-state index contributed by atoms with van der Waals surface area (Å²) in [5.41, 5.74) is 7.55. The van der Waals surface area contributed by atoms with Gasteiger partial charge in [-0.25, -0.2) is 4.39 Å². The van der Waals surface area contributed by atoms with E-state index in [1.165, 1.54) is 14.2 Å². The lowest BCUT2D eigenvalue weighted by molar-refractivity contribution is 0.382. The number of hydrogen-bond donors (Lipinski definition) is 2. The minimum absolute atomic E-state index is 0.406. The molecule has 2 aromatic rings. The van der Waals surface area contributed by atoms with Crippen molar-refractivity contribution in [2.75, 3.05) is 20.0 Å². The number of aromatic amines is 1. The summed E-state index contributed by atoms with van der Waals surface area (Å²) in [7, 11) is 3.02. The fourth-order valence-corrected chi connectivity index (χ4v) is 1.79. The van der Waals surface area contributed by atoms with Crippen molar-refractivity contribution in [1.29, 1.82) is 0 Å². The smallest absolute Gasteiger partial charge is 0.130 e. The minimum Gasteiger partial charge on any atom is -0.496 e. The maximum absolute atomic E-state index is 13.0. The Morgan fingerprint density at radius 3 is 2.44 bits per heavy atom. The Balaban J connectivity index is 2.62. The number of hydrogen-bond acceptors (Lipinski definition) is 4. The summed E-state index contributed by atoms with van der Waals surface area (Å²) in [4.78, 5) is 0. The van der Waals surface area contributed by atoms with Crippen molar-refractivity contribution in [3.8, 4) is 22.6 Å². The summed E-state index contributed by atoms with van der Waals surface area (Å²) in [5.74, 6) is 1.40. The molecular weight excluding hydrogens is 237 g/mol. The van der Waals surface area contributed by atoms with Crippen LogP contribution in [0.2, 0.25) is 0 Å². The molecule has 3 N–H and O–H groups in total. The molecule has 0 saturated carbocycles. The Hall–Kier alpha value is -2.24. The van der Waals surface area contributed by atoms with Gasteiger partial charge in [0.25, 0.3) is 0 Å². The molecule has 0 atom stereocenters. The number of alkyl halides is 1. The van der Waals surface area contributed by atoms with Gasteiger partial charge in [0.2, 0.25) is 0 Å². The molecule has 0 unspecified atom stereocenters. The Bertz CT molecular complexity index is 554. The number of nitrogen functional groups attached to an aromatic ring is 1. The van der Waals surface area contributed by atoms with Gasteiger partial charge in [0.1, 0.15) is 24.0 Å². The first-order valence-corrected chi connectivity index (χ1v) is 5.31. The van der Waals surface area contributed by atoms with Crippen molar-refractivity contribution >= 4 is 5.82 Å². The van der Waals surface area contributed by atoms with E-state index in [2.05, 4.69) is 10.2 Å². The van der Waals surface area contributed by atoms with Gasteiger partial charge in [-0.3, -0.25) is 5.10 Å². The molecule has 1 heterocycles. The maximum Gasteiger partial charge on any atom is 0.130 e. The number of H-pyrrole nitrogens is 1. The number of aromatic nitrogens is 2. The van der Waals surface area contributed by atoms with Crippen LogP contribution in [0.25, 0.3) is 11.1 Å². The summed E-state index contributed by atoms with van der Waals surface area (Å²) < 4.78 is 23.3. The third-order valence-corrected chi connectivity index (χ3v) is 2.71. The molecule has 6 heteroatoms. The second-order valence-corrected chi connectivity index (χ2v) is 3.70. The number of halogens is 1. The number of ether oxygens (including phenoxy) is 2. The molecule has 1 aromatic carbocycles. The standard InChI is InChI=1S/C12H14FN3O2/c1-17-10-4-11(18-2)8(3-7(10)5-13)9-6-15-16-12(9)14/h3-4,6H,5H2,1-2H3,(H3,14,15,16). The van der Waals surface area contributed by atoms with E-state index in [4.69, 9.17) is 15.2 Å². The van der Waals surface area contributed by atoms with Crippen molar-refractivity contribution in [3.05, 3.63) is 23.9 Å². The van der Waals surface area contributed by atoms with Crippen molar-refractivity contribution in [2.45, 2.75) is 6.67 Å². The number of rotatable bonds is 4. The van der Waals surface area contributed by atoms with Crippen LogP contribution in [0.3, 0.4) is 0 Å². The van der Waals surface area contributed by atoms with Crippen LogP contribution < -0.4 is 15.2 Å². The number of nitrogens with one attached hydrogen (secondary N) is 1. The molecule has 18 heavy (non-hydrogen) atoms. The SMILES string of the molecule is COc1cc(OC)c(-c2cn[nH]c2N)cc1CF. The number of methoxy groups -OCH3 is 2. The van der Waals surface area contributed by atoms with Crippen LogP contribution in [-0.2, 0) is 6.67 Å². The summed E-state index contributed by atoms with van der Waals surface area (Å²) in [6.45, 7) is -0.627. The zero-order valence-corrected chi connectivity index (χ0v) is 10.2. The molecule has 96 valence electrons. The first-order valence-electron chi connectivity index (χ1n) is 5.31. The maximum atomic E-state index is 13.0. The van der Waals surface area contributed by atoms with E-state index in [0.29, 0.717) is 34.0 Å². The Kier molecular flexibility index (Phi) is 3.36. The van der Waals surface area contributed by atoms with E-state index in [9.17, 15) is 4.39 Å². The first kappa shape index (κ1) is 12.2. The molecule has 0 aliphatic heterocycles. The lowest BCUT2D eigenvalue weighted by Gasteiger charge is -2.12. The summed E-state index contributed by atoms with van der Waals surface area (Å²) >= 11 is 0. The number of nitrogens with two attached hydrogens (primary N) is 1. The fraction of sp³-hybridized carbons (Fsp3) is 0.250. The number of anilines is 1. The van der Waals surface area contributed by atoms with Gasteiger partial charge in [0.15, 0.2) is 0 Å². The zero-order chi connectivity index (χ0) is 13.1. The summed E-state index contributed by atoms with van der Waals surface area (Å²) in [6.07, 6.45) is 1.57. The molecule has 0 amide bonds. The van der Waals surface area contributed by atoms with Gasteiger partial charge in [-0.05, 0) is 6.07 Å². The second-order valence-electron chi connectivity index (χ2n) is 3.70. The average Bonchev–Trinajstić information content (AvgIpc) is 2.83. The van der Waals surface area contributed by atoms with Gasteiger partial charge >= 0.3 is 0 Å². The van der Waals surface area contributed by atoms with Crippen molar-refractivity contribution in [1.82, 2.24) is 10.2 Å². The van der Waals surface area contributed by atoms with Gasteiger partial charge in [0, 0.05) is 22.8 Å². The third kappa shape index (κ3) is 1.97. The van der Waals surface area contributed by atoms with E-state index >= 15 is 0 Å². The Morgan fingerprint density at radius 1 is 1.22 bits per heavy atom. The highest BCUT2D eigenvalue weighted by Crippen LogP contribution is 2.38. The van der Waals surface area contributed by atoms with Crippen LogP contribution in [0.5, 0.6) is 11.5 Å². The van der Waals surface area contributed by atoms with Crippen LogP contribution in [-0.4, -0.2) is 24.4 Å². The van der Waals surface area contributed by atoms with Crippen LogP contribution in [0, 0.1) is 0 Å². The van der Waals surface area contributed by atoms with E-state index in [0.717, 1.165) is 0 Å². The normalized spacial score (nSPS) is 10.4. The predicted molar refractivity (Wildman–Crippen MR) is 66.4 cm³/mol. The average molecular weight is 251 g/mol. The van der Waals surface area contributed by atoms with Gasteiger partial charge in [-0.2, -0.15) is 5.10 Å². The quantitative estimate of drug-likeness (QED) is 0.873. The van der Waals surface area contributed by atoms with Crippen LogP contribution in [0.15, 0.2) is 18.3 Å². The van der Waals surface area contributed by atoms with Gasteiger partial charge in [-0.15, -0.1) is 0 Å². The van der Waals surface area contributed by atoms with Crippen molar-refractivity contribution in [2.24, 2.45) is 0 Å². The molecular formula is C12H14FN3O2. The van der Waals surface area contributed by atoms with Crippen LogP contribution >= 0.6 is 0 Å². The van der Waals surface area contributed by atoms with Crippen molar-refractivity contribution < 1.29 is 13.9 Å². The predicted octanol–water partition coefficient (Wildman–Crippen LogP) is 2.15. The van der Waals surface area contributed by atoms with Crippen LogP contribution in [0.1, 0.15) is 5.56 Å². The van der Waals surface area contributed by atoms with Gasteiger partial charge in [0.05, 0.1) is 20.4 Å². The second kappa shape index (κ2) is 4.95. The fourth-order valence-electron chi connectivity index (χ4n) is 1.79. The van der Waals surface area contributed by atoms with E-state index in [1.807, 2.05) is 0 Å². The van der Waals surface area contributed by atoms with Gasteiger partial charge in [-0.1, -0.05) is 0 Å². The molecule has 0 saturated heterocycles. The number of benzene rings is 1. The highest BCUT2D eigenvalue weighted by Gasteiger charge is 2.15. The molecule has 1 aromatic heterocycles. The van der Waals surface area contributed by atoms with E-state index < -0.39 is 6.67 Å². The number of nitrogens with zero attached hydrogens (tertiary/aromatic N) is 1. The highest BCUT2D eigenvalue weighted by atomic mass is 19.1. The largest absolute Gasteiger partial charge is 0.496 e. The molecule has 0 radical (unpaired) electrons.